The molecule has 2 nitrogen and oxygen atoms in total. The quantitative estimate of drug-likeness (QED) is 0.764. The number of alkyl halides is 6. The monoisotopic (exact) mass is 363 g/mol. The predicted molar refractivity (Wildman–Crippen MR) is 79.5 cm³/mol. The zero-order valence-corrected chi connectivity index (χ0v) is 12.9. The molecule has 2 aromatic carbocycles. The van der Waals surface area contributed by atoms with Crippen LogP contribution in [0.25, 0.3) is 0 Å². The Morgan fingerprint density at radius 2 is 1.48 bits per heavy atom. The van der Waals surface area contributed by atoms with Crippen LogP contribution in [0.15, 0.2) is 48.5 Å². The van der Waals surface area contributed by atoms with Crippen molar-refractivity contribution in [2.24, 2.45) is 5.73 Å². The number of benzene rings is 2. The third-order valence-electron chi connectivity index (χ3n) is 3.52. The van der Waals surface area contributed by atoms with Gasteiger partial charge in [0, 0.05) is 0 Å². The average molecular weight is 363 g/mol. The molecule has 0 aliphatic heterocycles. The third-order valence-corrected chi connectivity index (χ3v) is 3.52. The third kappa shape index (κ3) is 4.96. The molecule has 0 radical (unpaired) electrons. The van der Waals surface area contributed by atoms with Crippen LogP contribution in [-0.2, 0) is 23.7 Å². The maximum atomic E-state index is 13.1. The highest BCUT2D eigenvalue weighted by Gasteiger charge is 2.44. The summed E-state index contributed by atoms with van der Waals surface area (Å²) in [6.07, 6.45) is -10.3. The fraction of sp³-hybridized carbons (Fsp3) is 0.294. The van der Waals surface area contributed by atoms with E-state index in [1.54, 1.807) is 30.3 Å². The van der Waals surface area contributed by atoms with Gasteiger partial charge in [-0.2, -0.15) is 26.3 Å². The molecule has 0 amide bonds. The molecule has 0 bridgehead atoms. The van der Waals surface area contributed by atoms with Crippen LogP contribution in [-0.4, -0.2) is 6.61 Å². The van der Waals surface area contributed by atoms with Crippen LogP contribution in [0, 0.1) is 0 Å². The summed E-state index contributed by atoms with van der Waals surface area (Å²) in [7, 11) is 0. The Hall–Kier alpha value is -2.06. The van der Waals surface area contributed by atoms with Gasteiger partial charge in [0.2, 0.25) is 0 Å². The van der Waals surface area contributed by atoms with Gasteiger partial charge in [-0.3, -0.25) is 0 Å². The predicted octanol–water partition coefficient (Wildman–Crippen LogP) is 4.94. The molecule has 1 atom stereocenters. The normalized spacial score (nSPS) is 13.7. The maximum Gasteiger partial charge on any atom is 0.417 e. The molecule has 136 valence electrons. The van der Waals surface area contributed by atoms with Gasteiger partial charge < -0.3 is 10.5 Å². The van der Waals surface area contributed by atoms with Crippen molar-refractivity contribution in [3.8, 4) is 0 Å². The van der Waals surface area contributed by atoms with Crippen molar-refractivity contribution in [3.63, 3.8) is 0 Å². The van der Waals surface area contributed by atoms with Crippen molar-refractivity contribution in [2.45, 2.75) is 25.0 Å². The smallest absolute Gasteiger partial charge is 0.375 e. The number of ether oxygens (including phenoxy) is 1. The minimum absolute atomic E-state index is 0.127. The molecule has 25 heavy (non-hydrogen) atoms. The van der Waals surface area contributed by atoms with Crippen LogP contribution in [0.1, 0.15) is 28.3 Å². The Morgan fingerprint density at radius 1 is 0.840 bits per heavy atom. The first kappa shape index (κ1) is 19.3. The second kappa shape index (κ2) is 7.45. The van der Waals surface area contributed by atoms with Gasteiger partial charge in [0.1, 0.15) is 0 Å². The number of hydrogen-bond acceptors (Lipinski definition) is 2. The van der Waals surface area contributed by atoms with E-state index in [2.05, 4.69) is 0 Å². The largest absolute Gasteiger partial charge is 0.417 e. The van der Waals surface area contributed by atoms with Crippen LogP contribution < -0.4 is 5.73 Å². The highest BCUT2D eigenvalue weighted by Crippen LogP contribution is 2.42. The molecular weight excluding hydrogens is 348 g/mol. The summed E-state index contributed by atoms with van der Waals surface area (Å²) in [5.74, 6) is 0. The van der Waals surface area contributed by atoms with Gasteiger partial charge in [-0.1, -0.05) is 42.5 Å². The lowest BCUT2D eigenvalue weighted by atomic mass is 10.0. The summed E-state index contributed by atoms with van der Waals surface area (Å²) < 4.78 is 83.1. The second-order valence-electron chi connectivity index (χ2n) is 5.37. The summed E-state index contributed by atoms with van der Waals surface area (Å²) in [5.41, 5.74) is 2.53. The first-order valence-corrected chi connectivity index (χ1v) is 7.25. The van der Waals surface area contributed by atoms with Gasteiger partial charge in [0.25, 0.3) is 0 Å². The topological polar surface area (TPSA) is 35.2 Å². The summed E-state index contributed by atoms with van der Waals surface area (Å²) in [5, 5.41) is 0. The Balaban J connectivity index is 2.17. The number of hydrogen-bond donors (Lipinski definition) is 1. The van der Waals surface area contributed by atoms with Gasteiger partial charge in [0.05, 0.1) is 30.4 Å². The highest BCUT2D eigenvalue weighted by atomic mass is 19.4. The van der Waals surface area contributed by atoms with E-state index in [1.807, 2.05) is 0 Å². The molecule has 8 heteroatoms. The first-order chi connectivity index (χ1) is 11.6. The molecule has 0 unspecified atom stereocenters. The van der Waals surface area contributed by atoms with E-state index in [0.717, 1.165) is 12.1 Å². The number of nitrogens with two attached hydrogens (primary N) is 1. The zero-order chi connectivity index (χ0) is 18.7. The van der Waals surface area contributed by atoms with E-state index in [4.69, 9.17) is 10.5 Å². The van der Waals surface area contributed by atoms with Crippen LogP contribution in [0.5, 0.6) is 0 Å². The van der Waals surface area contributed by atoms with Crippen molar-refractivity contribution < 1.29 is 31.1 Å². The van der Waals surface area contributed by atoms with E-state index in [0.29, 0.717) is 11.6 Å². The summed E-state index contributed by atoms with van der Waals surface area (Å²) >= 11 is 0. The van der Waals surface area contributed by atoms with E-state index >= 15 is 0 Å². The van der Waals surface area contributed by atoms with Gasteiger partial charge in [-0.25, -0.2) is 0 Å². The fourth-order valence-corrected chi connectivity index (χ4v) is 2.38. The van der Waals surface area contributed by atoms with Crippen molar-refractivity contribution in [1.82, 2.24) is 0 Å². The Morgan fingerprint density at radius 3 is 2.04 bits per heavy atom. The molecule has 2 aromatic rings. The summed E-state index contributed by atoms with van der Waals surface area (Å²) in [4.78, 5) is 0. The van der Waals surface area contributed by atoms with E-state index in [9.17, 15) is 26.3 Å². The molecule has 0 saturated carbocycles. The standard InChI is InChI=1S/C17H15F6NO/c18-16(19,20)13-8-4-7-12(15(13)17(21,22)23)9-25-10-14(24)11-5-2-1-3-6-11/h1-8,14H,9-10,24H2/t14-/m1/s1. The van der Waals surface area contributed by atoms with Gasteiger partial charge in [-0.05, 0) is 17.2 Å². The lowest BCUT2D eigenvalue weighted by molar-refractivity contribution is -0.163. The van der Waals surface area contributed by atoms with Crippen LogP contribution in [0.2, 0.25) is 0 Å². The van der Waals surface area contributed by atoms with Crippen molar-refractivity contribution in [3.05, 3.63) is 70.8 Å². The molecule has 2 N–H and O–H groups in total. The van der Waals surface area contributed by atoms with Crippen LogP contribution in [0.4, 0.5) is 26.3 Å². The molecular formula is C17H15F6NO. The second-order valence-corrected chi connectivity index (χ2v) is 5.37. The minimum atomic E-state index is -5.15. The van der Waals surface area contributed by atoms with Crippen molar-refractivity contribution in [1.29, 1.82) is 0 Å². The minimum Gasteiger partial charge on any atom is -0.375 e. The van der Waals surface area contributed by atoms with E-state index in [-0.39, 0.29) is 6.61 Å². The van der Waals surface area contributed by atoms with Gasteiger partial charge >= 0.3 is 12.4 Å². The molecule has 0 aromatic heterocycles. The lowest BCUT2D eigenvalue weighted by Crippen LogP contribution is -2.21. The van der Waals surface area contributed by atoms with E-state index in [1.165, 1.54) is 0 Å². The zero-order valence-electron chi connectivity index (χ0n) is 12.9. The first-order valence-electron chi connectivity index (χ1n) is 7.25. The molecule has 0 spiro atoms. The lowest BCUT2D eigenvalue weighted by Gasteiger charge is -2.20. The van der Waals surface area contributed by atoms with Crippen LogP contribution in [0.3, 0.4) is 0 Å². The Bertz CT molecular complexity index is 697. The average Bonchev–Trinajstić information content (AvgIpc) is 2.53. The highest BCUT2D eigenvalue weighted by molar-refractivity contribution is 5.39. The van der Waals surface area contributed by atoms with Gasteiger partial charge in [0.15, 0.2) is 0 Å². The number of halogens is 6. The summed E-state index contributed by atoms with van der Waals surface area (Å²) in [6, 6.07) is 10.4. The molecule has 0 fully saturated rings. The van der Waals surface area contributed by atoms with Gasteiger partial charge in [-0.15, -0.1) is 0 Å². The van der Waals surface area contributed by atoms with E-state index < -0.39 is 41.7 Å². The molecule has 0 saturated heterocycles. The molecule has 0 aliphatic carbocycles. The summed E-state index contributed by atoms with van der Waals surface area (Å²) in [6.45, 7) is -0.753. The molecule has 2 rings (SSSR count). The van der Waals surface area contributed by atoms with Crippen molar-refractivity contribution in [2.75, 3.05) is 6.61 Å². The van der Waals surface area contributed by atoms with Crippen LogP contribution >= 0.6 is 0 Å². The van der Waals surface area contributed by atoms with Crippen molar-refractivity contribution >= 4 is 0 Å². The fourth-order valence-electron chi connectivity index (χ4n) is 2.38. The SMILES string of the molecule is N[C@H](COCc1cccc(C(F)(F)F)c1C(F)(F)F)c1ccccc1. The maximum absolute atomic E-state index is 13.1. The molecule has 0 aliphatic rings. The Labute approximate surface area is 140 Å². The molecule has 0 heterocycles. The Kier molecular flexibility index (Phi) is 5.74. The number of rotatable bonds is 5.